The first-order chi connectivity index (χ1) is 8.13. The van der Waals surface area contributed by atoms with Crippen molar-refractivity contribution in [1.82, 2.24) is 0 Å². The molecular weight excluding hydrogens is 219 g/mol. The molecule has 0 saturated carbocycles. The fraction of sp³-hybridized carbons (Fsp3) is 0.500. The Morgan fingerprint density at radius 1 is 1.35 bits per heavy atom. The minimum atomic E-state index is -0.318. The summed E-state index contributed by atoms with van der Waals surface area (Å²) in [5, 5.41) is 0. The lowest BCUT2D eigenvalue weighted by molar-refractivity contribution is 0.0593. The lowest BCUT2D eigenvalue weighted by Gasteiger charge is -2.09. The number of halogens is 1. The van der Waals surface area contributed by atoms with Crippen molar-refractivity contribution >= 4 is 5.78 Å². The van der Waals surface area contributed by atoms with Crippen LogP contribution in [0.5, 0.6) is 0 Å². The first-order valence-electron chi connectivity index (χ1n) is 6.04. The van der Waals surface area contributed by atoms with Crippen molar-refractivity contribution in [3.63, 3.8) is 0 Å². The van der Waals surface area contributed by atoms with Crippen LogP contribution in [-0.4, -0.2) is 18.5 Å². The predicted octanol–water partition coefficient (Wildman–Crippen LogP) is 3.60. The molecule has 0 bridgehead atoms. The summed E-state index contributed by atoms with van der Waals surface area (Å²) >= 11 is 0. The van der Waals surface area contributed by atoms with Gasteiger partial charge in [-0.05, 0) is 44.0 Å². The van der Waals surface area contributed by atoms with Crippen molar-refractivity contribution in [3.05, 3.63) is 35.6 Å². The summed E-state index contributed by atoms with van der Waals surface area (Å²) in [5.41, 5.74) is 0.565. The molecule has 0 fully saturated rings. The Morgan fingerprint density at radius 2 is 2.00 bits per heavy atom. The van der Waals surface area contributed by atoms with Gasteiger partial charge in [0.2, 0.25) is 0 Å². The van der Waals surface area contributed by atoms with Crippen LogP contribution in [0.3, 0.4) is 0 Å². The largest absolute Gasteiger partial charge is 0.379 e. The summed E-state index contributed by atoms with van der Waals surface area (Å²) in [6.45, 7) is 4.68. The summed E-state index contributed by atoms with van der Waals surface area (Å²) in [6, 6.07) is 5.66. The molecule has 0 saturated heterocycles. The molecule has 1 atom stereocenters. The highest BCUT2D eigenvalue weighted by Crippen LogP contribution is 2.08. The van der Waals surface area contributed by atoms with Crippen LogP contribution in [-0.2, 0) is 4.74 Å². The van der Waals surface area contributed by atoms with Crippen LogP contribution in [0, 0.1) is 5.82 Å². The number of ether oxygens (including phenoxy) is 1. The standard InChI is InChI=1S/C14H19FO2/c1-3-11(2)17-10-4-5-14(16)12-6-8-13(15)9-7-12/h6-9,11H,3-5,10H2,1-2H3. The van der Waals surface area contributed by atoms with E-state index in [-0.39, 0.29) is 17.7 Å². The van der Waals surface area contributed by atoms with Crippen molar-refractivity contribution in [2.24, 2.45) is 0 Å². The van der Waals surface area contributed by atoms with E-state index in [0.29, 0.717) is 25.0 Å². The number of carbonyl (C=O) groups is 1. The second-order valence-corrected chi connectivity index (χ2v) is 4.12. The molecule has 94 valence electrons. The van der Waals surface area contributed by atoms with Crippen LogP contribution >= 0.6 is 0 Å². The number of rotatable bonds is 7. The third-order valence-electron chi connectivity index (χ3n) is 2.69. The molecule has 0 heterocycles. The Morgan fingerprint density at radius 3 is 2.59 bits per heavy atom. The zero-order chi connectivity index (χ0) is 12.7. The molecule has 0 aromatic heterocycles. The van der Waals surface area contributed by atoms with E-state index in [1.54, 1.807) is 0 Å². The van der Waals surface area contributed by atoms with Crippen LogP contribution in [0.15, 0.2) is 24.3 Å². The number of hydrogen-bond acceptors (Lipinski definition) is 2. The van der Waals surface area contributed by atoms with Gasteiger partial charge < -0.3 is 4.74 Å². The van der Waals surface area contributed by atoms with Gasteiger partial charge in [0.25, 0.3) is 0 Å². The average molecular weight is 238 g/mol. The molecular formula is C14H19FO2. The molecule has 0 aliphatic rings. The maximum absolute atomic E-state index is 12.7. The fourth-order valence-corrected chi connectivity index (χ4v) is 1.42. The predicted molar refractivity (Wildman–Crippen MR) is 65.7 cm³/mol. The van der Waals surface area contributed by atoms with Crippen molar-refractivity contribution in [2.45, 2.75) is 39.2 Å². The fourth-order valence-electron chi connectivity index (χ4n) is 1.42. The van der Waals surface area contributed by atoms with E-state index >= 15 is 0 Å². The normalized spacial score (nSPS) is 12.4. The van der Waals surface area contributed by atoms with E-state index in [1.165, 1.54) is 24.3 Å². The lowest BCUT2D eigenvalue weighted by atomic mass is 10.1. The van der Waals surface area contributed by atoms with Gasteiger partial charge in [0, 0.05) is 18.6 Å². The number of hydrogen-bond donors (Lipinski definition) is 0. The number of Topliss-reactive ketones (excluding diaryl/α,β-unsaturated/α-hetero) is 1. The number of carbonyl (C=O) groups excluding carboxylic acids is 1. The van der Waals surface area contributed by atoms with Crippen molar-refractivity contribution in [3.8, 4) is 0 Å². The molecule has 1 aromatic carbocycles. The van der Waals surface area contributed by atoms with E-state index in [2.05, 4.69) is 6.92 Å². The molecule has 0 amide bonds. The minimum absolute atomic E-state index is 0.0396. The SMILES string of the molecule is CCC(C)OCCCC(=O)c1ccc(F)cc1. The van der Waals surface area contributed by atoms with Gasteiger partial charge in [0.1, 0.15) is 5.82 Å². The highest BCUT2D eigenvalue weighted by molar-refractivity contribution is 5.95. The second kappa shape index (κ2) is 7.17. The lowest BCUT2D eigenvalue weighted by Crippen LogP contribution is -2.09. The van der Waals surface area contributed by atoms with Gasteiger partial charge in [0.05, 0.1) is 6.10 Å². The smallest absolute Gasteiger partial charge is 0.162 e. The quantitative estimate of drug-likeness (QED) is 0.536. The van der Waals surface area contributed by atoms with Crippen LogP contribution in [0.2, 0.25) is 0 Å². The Bertz CT molecular complexity index is 346. The average Bonchev–Trinajstić information content (AvgIpc) is 2.34. The van der Waals surface area contributed by atoms with Crippen molar-refractivity contribution < 1.29 is 13.9 Å². The van der Waals surface area contributed by atoms with Crippen molar-refractivity contribution in [2.75, 3.05) is 6.61 Å². The van der Waals surface area contributed by atoms with Crippen LogP contribution < -0.4 is 0 Å². The molecule has 17 heavy (non-hydrogen) atoms. The van der Waals surface area contributed by atoms with Gasteiger partial charge in [-0.1, -0.05) is 6.92 Å². The molecule has 1 rings (SSSR count). The molecule has 0 radical (unpaired) electrons. The second-order valence-electron chi connectivity index (χ2n) is 4.12. The van der Waals surface area contributed by atoms with Gasteiger partial charge in [-0.2, -0.15) is 0 Å². The van der Waals surface area contributed by atoms with E-state index in [9.17, 15) is 9.18 Å². The third kappa shape index (κ3) is 5.09. The van der Waals surface area contributed by atoms with Gasteiger partial charge >= 0.3 is 0 Å². The topological polar surface area (TPSA) is 26.3 Å². The highest BCUT2D eigenvalue weighted by atomic mass is 19.1. The van der Waals surface area contributed by atoms with Gasteiger partial charge in [-0.3, -0.25) is 4.79 Å². The maximum Gasteiger partial charge on any atom is 0.162 e. The van der Waals surface area contributed by atoms with E-state index < -0.39 is 0 Å². The molecule has 0 spiro atoms. The van der Waals surface area contributed by atoms with Crippen LogP contribution in [0.1, 0.15) is 43.5 Å². The summed E-state index contributed by atoms with van der Waals surface area (Å²) < 4.78 is 18.1. The Labute approximate surface area is 102 Å². The van der Waals surface area contributed by atoms with E-state index in [1.807, 2.05) is 6.92 Å². The minimum Gasteiger partial charge on any atom is -0.379 e. The zero-order valence-corrected chi connectivity index (χ0v) is 10.4. The molecule has 0 aliphatic heterocycles. The first-order valence-corrected chi connectivity index (χ1v) is 6.04. The zero-order valence-electron chi connectivity index (χ0n) is 10.4. The van der Waals surface area contributed by atoms with Gasteiger partial charge in [-0.25, -0.2) is 4.39 Å². The maximum atomic E-state index is 12.7. The van der Waals surface area contributed by atoms with E-state index in [4.69, 9.17) is 4.74 Å². The van der Waals surface area contributed by atoms with E-state index in [0.717, 1.165) is 6.42 Å². The highest BCUT2D eigenvalue weighted by Gasteiger charge is 2.06. The Kier molecular flexibility index (Phi) is 5.84. The molecule has 1 aromatic rings. The Hall–Kier alpha value is -1.22. The summed E-state index contributed by atoms with van der Waals surface area (Å²) in [6.07, 6.45) is 2.38. The van der Waals surface area contributed by atoms with Crippen LogP contribution in [0.4, 0.5) is 4.39 Å². The summed E-state index contributed by atoms with van der Waals surface area (Å²) in [5.74, 6) is -0.278. The van der Waals surface area contributed by atoms with Gasteiger partial charge in [-0.15, -0.1) is 0 Å². The van der Waals surface area contributed by atoms with Crippen LogP contribution in [0.25, 0.3) is 0 Å². The number of benzene rings is 1. The Balaban J connectivity index is 2.28. The number of ketones is 1. The molecule has 2 nitrogen and oxygen atoms in total. The third-order valence-corrected chi connectivity index (χ3v) is 2.69. The molecule has 3 heteroatoms. The van der Waals surface area contributed by atoms with Gasteiger partial charge in [0.15, 0.2) is 5.78 Å². The summed E-state index contributed by atoms with van der Waals surface area (Å²) in [4.78, 5) is 11.7. The van der Waals surface area contributed by atoms with Crippen molar-refractivity contribution in [1.29, 1.82) is 0 Å². The first kappa shape index (κ1) is 13.8. The monoisotopic (exact) mass is 238 g/mol. The molecule has 1 unspecified atom stereocenters. The summed E-state index contributed by atoms with van der Waals surface area (Å²) in [7, 11) is 0. The molecule has 0 N–H and O–H groups in total. The molecule has 0 aliphatic carbocycles.